The van der Waals surface area contributed by atoms with Gasteiger partial charge in [0.25, 0.3) is 0 Å². The standard InChI is InChI=1S/C12H13FO2S/c13-11-7-15-5-4-12(11)6-8-9(14)2-1-3-10(8)16-12/h1-3,11,14H,4-7H2. The monoisotopic (exact) mass is 240 g/mol. The molecule has 3 rings (SSSR count). The van der Waals surface area contributed by atoms with E-state index in [1.807, 2.05) is 12.1 Å². The maximum absolute atomic E-state index is 14.0. The van der Waals surface area contributed by atoms with Crippen molar-refractivity contribution < 1.29 is 14.2 Å². The molecule has 16 heavy (non-hydrogen) atoms. The molecule has 1 N–H and O–H groups in total. The highest BCUT2D eigenvalue weighted by molar-refractivity contribution is 8.01. The summed E-state index contributed by atoms with van der Waals surface area (Å²) in [5.41, 5.74) is 0.900. The van der Waals surface area contributed by atoms with Crippen LogP contribution in [0.3, 0.4) is 0 Å². The van der Waals surface area contributed by atoms with E-state index < -0.39 is 10.9 Å². The van der Waals surface area contributed by atoms with Crippen LogP contribution >= 0.6 is 11.8 Å². The van der Waals surface area contributed by atoms with Gasteiger partial charge >= 0.3 is 0 Å². The number of benzene rings is 1. The van der Waals surface area contributed by atoms with Crippen LogP contribution in [0.25, 0.3) is 0 Å². The lowest BCUT2D eigenvalue weighted by atomic mass is 9.90. The molecule has 2 heterocycles. The first-order chi connectivity index (χ1) is 7.71. The summed E-state index contributed by atoms with van der Waals surface area (Å²) in [4.78, 5) is 1.02. The molecular formula is C12H13FO2S. The summed E-state index contributed by atoms with van der Waals surface area (Å²) in [6.45, 7) is 0.796. The summed E-state index contributed by atoms with van der Waals surface area (Å²) < 4.78 is 18.8. The molecule has 0 saturated carbocycles. The molecule has 1 fully saturated rings. The van der Waals surface area contributed by atoms with E-state index in [4.69, 9.17) is 4.74 Å². The SMILES string of the molecule is Oc1cccc2c1CC1(CCOCC1F)S2. The molecule has 2 aliphatic rings. The Kier molecular flexibility index (Phi) is 2.37. The van der Waals surface area contributed by atoms with Crippen molar-refractivity contribution in [3.8, 4) is 5.75 Å². The van der Waals surface area contributed by atoms with Gasteiger partial charge in [-0.15, -0.1) is 11.8 Å². The lowest BCUT2D eigenvalue weighted by molar-refractivity contribution is 0.0132. The molecule has 4 heteroatoms. The third-order valence-corrected chi connectivity index (χ3v) is 5.02. The molecule has 1 saturated heterocycles. The molecule has 1 spiro atoms. The van der Waals surface area contributed by atoms with Gasteiger partial charge in [-0.3, -0.25) is 0 Å². The molecule has 2 unspecified atom stereocenters. The van der Waals surface area contributed by atoms with Crippen LogP contribution in [0.4, 0.5) is 4.39 Å². The van der Waals surface area contributed by atoms with Gasteiger partial charge in [0.15, 0.2) is 0 Å². The maximum Gasteiger partial charge on any atom is 0.139 e. The molecule has 0 amide bonds. The minimum absolute atomic E-state index is 0.182. The first-order valence-corrected chi connectivity index (χ1v) is 6.25. The van der Waals surface area contributed by atoms with Gasteiger partial charge in [-0.05, 0) is 25.0 Å². The number of ether oxygens (including phenoxy) is 1. The fourth-order valence-electron chi connectivity index (χ4n) is 2.44. The van der Waals surface area contributed by atoms with Crippen molar-refractivity contribution in [2.75, 3.05) is 13.2 Å². The number of halogens is 1. The van der Waals surface area contributed by atoms with E-state index in [0.717, 1.165) is 10.5 Å². The van der Waals surface area contributed by atoms with Crippen LogP contribution in [0.2, 0.25) is 0 Å². The van der Waals surface area contributed by atoms with Crippen LogP contribution in [0, 0.1) is 0 Å². The number of phenolic OH excluding ortho intramolecular Hbond substituents is 1. The largest absolute Gasteiger partial charge is 0.508 e. The van der Waals surface area contributed by atoms with E-state index in [0.29, 0.717) is 25.2 Å². The molecule has 0 aliphatic carbocycles. The van der Waals surface area contributed by atoms with Crippen molar-refractivity contribution in [3.05, 3.63) is 23.8 Å². The van der Waals surface area contributed by atoms with E-state index in [1.54, 1.807) is 17.8 Å². The van der Waals surface area contributed by atoms with Gasteiger partial charge in [0.05, 0.1) is 11.4 Å². The molecule has 1 aromatic carbocycles. The van der Waals surface area contributed by atoms with E-state index in [-0.39, 0.29) is 6.61 Å². The normalized spacial score (nSPS) is 32.9. The minimum Gasteiger partial charge on any atom is -0.508 e. The van der Waals surface area contributed by atoms with Gasteiger partial charge < -0.3 is 9.84 Å². The number of hydrogen-bond acceptors (Lipinski definition) is 3. The Bertz CT molecular complexity index is 423. The Morgan fingerprint density at radius 3 is 3.12 bits per heavy atom. The highest BCUT2D eigenvalue weighted by atomic mass is 32.2. The summed E-state index contributed by atoms with van der Waals surface area (Å²) in [5, 5.41) is 9.76. The van der Waals surface area contributed by atoms with Crippen LogP contribution in [0.15, 0.2) is 23.1 Å². The average molecular weight is 240 g/mol. The van der Waals surface area contributed by atoms with Crippen molar-refractivity contribution in [1.29, 1.82) is 0 Å². The Balaban J connectivity index is 1.97. The maximum atomic E-state index is 14.0. The smallest absolute Gasteiger partial charge is 0.139 e. The van der Waals surface area contributed by atoms with Gasteiger partial charge in [-0.2, -0.15) is 0 Å². The van der Waals surface area contributed by atoms with Crippen molar-refractivity contribution in [3.63, 3.8) is 0 Å². The Labute approximate surface area is 97.8 Å². The molecule has 2 atom stereocenters. The molecular weight excluding hydrogens is 227 g/mol. The summed E-state index contributed by atoms with van der Waals surface area (Å²) in [5.74, 6) is 0.292. The Morgan fingerprint density at radius 2 is 2.38 bits per heavy atom. The van der Waals surface area contributed by atoms with Crippen LogP contribution in [0.5, 0.6) is 5.75 Å². The van der Waals surface area contributed by atoms with Crippen molar-refractivity contribution in [2.45, 2.75) is 28.7 Å². The summed E-state index contributed by atoms with van der Waals surface area (Å²) in [6.07, 6.45) is 0.384. The first-order valence-electron chi connectivity index (χ1n) is 5.43. The highest BCUT2D eigenvalue weighted by Gasteiger charge is 2.47. The number of thioether (sulfide) groups is 1. The number of rotatable bonds is 0. The van der Waals surface area contributed by atoms with Crippen LogP contribution in [-0.2, 0) is 11.2 Å². The van der Waals surface area contributed by atoms with Gasteiger partial charge in [0.1, 0.15) is 11.9 Å². The molecule has 2 aliphatic heterocycles. The number of hydrogen-bond donors (Lipinski definition) is 1. The summed E-state index contributed by atoms with van der Waals surface area (Å²) >= 11 is 1.57. The first kappa shape index (κ1) is 10.4. The van der Waals surface area contributed by atoms with Crippen LogP contribution < -0.4 is 0 Å². The summed E-state index contributed by atoms with van der Waals surface area (Å²) in [7, 11) is 0. The third kappa shape index (κ3) is 1.44. The molecule has 86 valence electrons. The number of aromatic hydroxyl groups is 1. The van der Waals surface area contributed by atoms with Gasteiger partial charge in [-0.25, -0.2) is 4.39 Å². The highest BCUT2D eigenvalue weighted by Crippen LogP contribution is 2.53. The van der Waals surface area contributed by atoms with Crippen molar-refractivity contribution >= 4 is 11.8 Å². The van der Waals surface area contributed by atoms with Crippen LogP contribution in [0.1, 0.15) is 12.0 Å². The lowest BCUT2D eigenvalue weighted by Gasteiger charge is -2.35. The van der Waals surface area contributed by atoms with Crippen molar-refractivity contribution in [2.24, 2.45) is 0 Å². The second kappa shape index (κ2) is 3.64. The number of phenols is 1. The van der Waals surface area contributed by atoms with Crippen LogP contribution in [-0.4, -0.2) is 29.2 Å². The van der Waals surface area contributed by atoms with Crippen molar-refractivity contribution in [1.82, 2.24) is 0 Å². The molecule has 0 bridgehead atoms. The zero-order chi connectivity index (χ0) is 11.2. The quantitative estimate of drug-likeness (QED) is 0.755. The number of fused-ring (bicyclic) bond motifs is 1. The predicted molar refractivity (Wildman–Crippen MR) is 60.7 cm³/mol. The third-order valence-electron chi connectivity index (χ3n) is 3.40. The zero-order valence-corrected chi connectivity index (χ0v) is 9.60. The molecule has 0 radical (unpaired) electrons. The Morgan fingerprint density at radius 1 is 1.50 bits per heavy atom. The fraction of sp³-hybridized carbons (Fsp3) is 0.500. The fourth-order valence-corrected chi connectivity index (χ4v) is 3.92. The second-order valence-electron chi connectivity index (χ2n) is 4.39. The average Bonchev–Trinajstić information content (AvgIpc) is 2.64. The topological polar surface area (TPSA) is 29.5 Å². The van der Waals surface area contributed by atoms with E-state index in [9.17, 15) is 9.50 Å². The molecule has 1 aromatic rings. The minimum atomic E-state index is -0.946. The second-order valence-corrected chi connectivity index (χ2v) is 5.85. The number of alkyl halides is 1. The zero-order valence-electron chi connectivity index (χ0n) is 8.78. The van der Waals surface area contributed by atoms with Gasteiger partial charge in [-0.1, -0.05) is 6.07 Å². The van der Waals surface area contributed by atoms with Gasteiger partial charge in [0, 0.05) is 17.1 Å². The lowest BCUT2D eigenvalue weighted by Crippen LogP contribution is -2.44. The van der Waals surface area contributed by atoms with Gasteiger partial charge in [0.2, 0.25) is 0 Å². The van der Waals surface area contributed by atoms with E-state index in [2.05, 4.69) is 0 Å². The predicted octanol–water partition coefficient (Wildman–Crippen LogP) is 2.54. The van der Waals surface area contributed by atoms with E-state index in [1.165, 1.54) is 0 Å². The van der Waals surface area contributed by atoms with E-state index >= 15 is 0 Å². The molecule has 2 nitrogen and oxygen atoms in total. The molecule has 0 aromatic heterocycles. The Hall–Kier alpha value is -0.740. The summed E-state index contributed by atoms with van der Waals surface area (Å²) in [6, 6.07) is 5.44.